The van der Waals surface area contributed by atoms with E-state index >= 15 is 8.78 Å². The van der Waals surface area contributed by atoms with E-state index in [9.17, 15) is 14.4 Å². The van der Waals surface area contributed by atoms with Gasteiger partial charge < -0.3 is 19.7 Å². The van der Waals surface area contributed by atoms with Gasteiger partial charge in [0, 0.05) is 23.3 Å². The molecule has 3 heterocycles. The van der Waals surface area contributed by atoms with Crippen molar-refractivity contribution in [1.29, 1.82) is 0 Å². The molecule has 0 radical (unpaired) electrons. The minimum atomic E-state index is -3.35. The lowest BCUT2D eigenvalue weighted by molar-refractivity contribution is -0.141. The van der Waals surface area contributed by atoms with E-state index in [1.807, 2.05) is 34.6 Å². The van der Waals surface area contributed by atoms with Gasteiger partial charge in [-0.15, -0.1) is 0 Å². The molecule has 9 nitrogen and oxygen atoms in total. The highest BCUT2D eigenvalue weighted by Crippen LogP contribution is 2.50. The van der Waals surface area contributed by atoms with Gasteiger partial charge in [-0.3, -0.25) is 9.59 Å². The average Bonchev–Trinajstić information content (AvgIpc) is 3.41. The van der Waals surface area contributed by atoms with E-state index in [0.717, 1.165) is 6.42 Å². The first-order chi connectivity index (χ1) is 21.0. The molecular formula is C33H43ClF2N4O5. The van der Waals surface area contributed by atoms with Crippen LogP contribution in [0.1, 0.15) is 92.2 Å². The molecule has 1 N–H and O–H groups in total. The number of carbonyl (C=O) groups excluding carboxylic acids is 3. The zero-order chi connectivity index (χ0) is 32.9. The number of amides is 2. The number of nitrogens with one attached hydrogen (secondary N) is 1. The predicted molar refractivity (Wildman–Crippen MR) is 165 cm³/mol. The first-order valence-electron chi connectivity index (χ1n) is 15.9. The van der Waals surface area contributed by atoms with Crippen molar-refractivity contribution in [3.63, 3.8) is 0 Å². The van der Waals surface area contributed by atoms with Gasteiger partial charge in [0.2, 0.25) is 11.8 Å². The van der Waals surface area contributed by atoms with E-state index in [4.69, 9.17) is 21.1 Å². The Balaban J connectivity index is 1.58. The highest BCUT2D eigenvalue weighted by atomic mass is 35.5. The molecule has 45 heavy (non-hydrogen) atoms. The molecule has 1 saturated heterocycles. The minimum absolute atomic E-state index is 0.0645. The predicted octanol–water partition coefficient (Wildman–Crippen LogP) is 6.83. The fourth-order valence-electron chi connectivity index (χ4n) is 6.88. The summed E-state index contributed by atoms with van der Waals surface area (Å²) in [4.78, 5) is 50.7. The van der Waals surface area contributed by atoms with Crippen molar-refractivity contribution in [3.05, 3.63) is 28.9 Å². The lowest BCUT2D eigenvalue weighted by atomic mass is 9.85. The molecule has 2 bridgehead atoms. The molecule has 246 valence electrons. The van der Waals surface area contributed by atoms with Gasteiger partial charge in [0.05, 0.1) is 23.6 Å². The number of Topliss-reactive ketones (excluding diaryl/α,β-unsaturated/α-hetero) is 1. The Morgan fingerprint density at radius 1 is 1.16 bits per heavy atom. The summed E-state index contributed by atoms with van der Waals surface area (Å²) in [6.07, 6.45) is 1.36. The number of alkyl halides is 2. The van der Waals surface area contributed by atoms with E-state index < -0.39 is 65.2 Å². The average molecular weight is 649 g/mol. The Morgan fingerprint density at radius 3 is 2.56 bits per heavy atom. The van der Waals surface area contributed by atoms with Crippen LogP contribution >= 0.6 is 11.6 Å². The SMILES string of the molecule is CC[C@@H]1[C@@H]2CN(C(=O)[C@H](C(C)(C)C)NC(=O)O[C@]3(C)C[C@H]3CCCCCC(F)(F)c3nc4ccc(Cl)cc4nc3O2)[C@@H]1C(C)=O. The summed E-state index contributed by atoms with van der Waals surface area (Å²) in [6.45, 7) is 10.5. The van der Waals surface area contributed by atoms with Crippen LogP contribution in [0, 0.1) is 17.3 Å². The normalized spacial score (nSPS) is 31.0. The van der Waals surface area contributed by atoms with Gasteiger partial charge >= 0.3 is 6.09 Å². The highest BCUT2D eigenvalue weighted by Gasteiger charge is 2.54. The summed E-state index contributed by atoms with van der Waals surface area (Å²) in [5, 5.41) is 3.16. The molecule has 12 heteroatoms. The first-order valence-corrected chi connectivity index (χ1v) is 16.2. The second kappa shape index (κ2) is 12.3. The van der Waals surface area contributed by atoms with Crippen molar-refractivity contribution in [2.45, 2.75) is 116 Å². The van der Waals surface area contributed by atoms with E-state index in [-0.39, 0.29) is 36.1 Å². The van der Waals surface area contributed by atoms with E-state index in [0.29, 0.717) is 36.2 Å². The van der Waals surface area contributed by atoms with Crippen LogP contribution in [0.4, 0.5) is 13.6 Å². The Labute approximate surface area is 267 Å². The second-order valence-corrected chi connectivity index (χ2v) is 14.6. The number of ketones is 1. The van der Waals surface area contributed by atoms with Gasteiger partial charge in [-0.2, -0.15) is 8.78 Å². The number of aromatic nitrogens is 2. The topological polar surface area (TPSA) is 111 Å². The van der Waals surface area contributed by atoms with Crippen LogP contribution in [-0.2, 0) is 20.2 Å². The number of ether oxygens (including phenoxy) is 2. The first kappa shape index (κ1) is 33.3. The number of alkyl carbamates (subject to hydrolysis) is 1. The van der Waals surface area contributed by atoms with Gasteiger partial charge in [0.25, 0.3) is 5.92 Å². The standard InChI is InChI=1S/C33H43ClF2N4O5/c1-7-21-24-17-40(25(21)18(2)41)29(42)27(31(3,4)5)39-30(43)45-32(6)16-19(32)11-9-8-10-14-33(35,36)26-28(44-24)38-23-15-20(34)12-13-22(23)37-26/h12-13,15,19,21,24-25,27H,7-11,14,16-17H2,1-6H3,(H,39,43)/t19-,21-,24+,25-,27-,32-/m1/s1. The third-order valence-corrected chi connectivity index (χ3v) is 9.80. The molecule has 2 aromatic rings. The van der Waals surface area contributed by atoms with Crippen LogP contribution in [0.5, 0.6) is 5.88 Å². The molecule has 6 atom stereocenters. The van der Waals surface area contributed by atoms with Gasteiger partial charge in [-0.1, -0.05) is 52.1 Å². The molecule has 2 amide bonds. The maximum Gasteiger partial charge on any atom is 0.408 e. The van der Waals surface area contributed by atoms with Crippen LogP contribution in [0.2, 0.25) is 5.02 Å². The van der Waals surface area contributed by atoms with E-state index in [2.05, 4.69) is 15.3 Å². The number of rotatable bonds is 2. The largest absolute Gasteiger partial charge is 0.471 e. The van der Waals surface area contributed by atoms with Crippen LogP contribution in [0.25, 0.3) is 11.0 Å². The molecule has 1 aliphatic carbocycles. The number of hydrogen-bond acceptors (Lipinski definition) is 7. The van der Waals surface area contributed by atoms with Crippen molar-refractivity contribution >= 4 is 40.4 Å². The second-order valence-electron chi connectivity index (χ2n) is 14.1. The number of carbonyl (C=O) groups is 3. The number of benzene rings is 1. The molecule has 2 fully saturated rings. The minimum Gasteiger partial charge on any atom is -0.471 e. The van der Waals surface area contributed by atoms with Gasteiger partial charge in [-0.05, 0) is 63.1 Å². The molecule has 1 saturated carbocycles. The fraction of sp³-hybridized carbons (Fsp3) is 0.667. The fourth-order valence-corrected chi connectivity index (χ4v) is 7.05. The van der Waals surface area contributed by atoms with Crippen molar-refractivity contribution in [2.24, 2.45) is 17.3 Å². The Bertz CT molecular complexity index is 1480. The van der Waals surface area contributed by atoms with E-state index in [1.165, 1.54) is 17.9 Å². The zero-order valence-electron chi connectivity index (χ0n) is 26.8. The summed E-state index contributed by atoms with van der Waals surface area (Å²) < 4.78 is 44.0. The van der Waals surface area contributed by atoms with Crippen LogP contribution in [0.3, 0.4) is 0 Å². The van der Waals surface area contributed by atoms with Crippen molar-refractivity contribution in [1.82, 2.24) is 20.2 Å². The Morgan fingerprint density at radius 2 is 1.89 bits per heavy atom. The summed E-state index contributed by atoms with van der Waals surface area (Å²) in [5.41, 5.74) is -1.44. The molecule has 2 aliphatic heterocycles. The van der Waals surface area contributed by atoms with Crippen LogP contribution in [-0.4, -0.2) is 63.0 Å². The monoisotopic (exact) mass is 648 g/mol. The molecule has 3 aliphatic rings. The van der Waals surface area contributed by atoms with Gasteiger partial charge in [-0.25, -0.2) is 14.8 Å². The molecule has 0 unspecified atom stereocenters. The Kier molecular flexibility index (Phi) is 9.07. The van der Waals surface area contributed by atoms with Gasteiger partial charge in [0.1, 0.15) is 17.7 Å². The van der Waals surface area contributed by atoms with Crippen molar-refractivity contribution < 1.29 is 32.6 Å². The molecule has 1 aromatic carbocycles. The quantitative estimate of drug-likeness (QED) is 0.380. The summed E-state index contributed by atoms with van der Waals surface area (Å²) in [6, 6.07) is 2.73. The summed E-state index contributed by atoms with van der Waals surface area (Å²) in [5.74, 6) is -4.83. The number of fused-ring (bicyclic) bond motifs is 5. The third kappa shape index (κ3) is 6.88. The summed E-state index contributed by atoms with van der Waals surface area (Å²) >= 11 is 6.19. The summed E-state index contributed by atoms with van der Waals surface area (Å²) in [7, 11) is 0. The van der Waals surface area contributed by atoms with Crippen molar-refractivity contribution in [3.8, 4) is 5.88 Å². The maximum atomic E-state index is 16.0. The van der Waals surface area contributed by atoms with Crippen LogP contribution < -0.4 is 10.1 Å². The van der Waals surface area contributed by atoms with E-state index in [1.54, 1.807) is 12.1 Å². The number of halogens is 3. The molecule has 1 aromatic heterocycles. The molecule has 0 spiro atoms. The lowest BCUT2D eigenvalue weighted by Crippen LogP contribution is -2.57. The molecular weight excluding hydrogens is 606 g/mol. The van der Waals surface area contributed by atoms with Gasteiger partial charge in [0.15, 0.2) is 11.5 Å². The molecule has 5 rings (SSSR count). The number of nitrogens with zero attached hydrogens (tertiary/aromatic N) is 3. The Hall–Kier alpha value is -3.08. The maximum absolute atomic E-state index is 16.0. The highest BCUT2D eigenvalue weighted by molar-refractivity contribution is 6.31. The lowest BCUT2D eigenvalue weighted by Gasteiger charge is -2.35. The van der Waals surface area contributed by atoms with Crippen molar-refractivity contribution in [2.75, 3.05) is 6.54 Å². The smallest absolute Gasteiger partial charge is 0.408 e. The third-order valence-electron chi connectivity index (χ3n) is 9.57. The van der Waals surface area contributed by atoms with Crippen LogP contribution in [0.15, 0.2) is 18.2 Å². The number of hydrogen-bond donors (Lipinski definition) is 1. The zero-order valence-corrected chi connectivity index (χ0v) is 27.5.